The molecule has 1 atom stereocenters. The number of likely N-dealkylation sites (N-methyl/N-ethyl adjacent to an activating group) is 1. The van der Waals surface area contributed by atoms with Gasteiger partial charge in [-0.3, -0.25) is 0 Å². The minimum Gasteiger partial charge on any atom is -0.379 e. The number of likely N-dealkylation sites (tertiary alicyclic amines) is 1. The predicted octanol–water partition coefficient (Wildman–Crippen LogP) is 2.34. The van der Waals surface area contributed by atoms with Gasteiger partial charge >= 0.3 is 0 Å². The van der Waals surface area contributed by atoms with Gasteiger partial charge in [0.25, 0.3) is 0 Å². The van der Waals surface area contributed by atoms with E-state index in [1.165, 1.54) is 12.1 Å². The van der Waals surface area contributed by atoms with Crippen LogP contribution in [-0.4, -0.2) is 31.1 Å². The van der Waals surface area contributed by atoms with Crippen LogP contribution in [0.2, 0.25) is 0 Å². The highest BCUT2D eigenvalue weighted by Gasteiger charge is 2.20. The third kappa shape index (κ3) is 2.59. The lowest BCUT2D eigenvalue weighted by atomic mass is 10.1. The lowest BCUT2D eigenvalue weighted by Crippen LogP contribution is -2.39. The molecule has 3 nitrogen and oxygen atoms in total. The van der Waals surface area contributed by atoms with Gasteiger partial charge in [-0.2, -0.15) is 5.26 Å². The van der Waals surface area contributed by atoms with Gasteiger partial charge in [-0.1, -0.05) is 0 Å². The van der Waals surface area contributed by atoms with Crippen LogP contribution in [0, 0.1) is 23.0 Å². The van der Waals surface area contributed by atoms with E-state index >= 15 is 0 Å². The second-order valence-corrected chi connectivity index (χ2v) is 4.65. The molecule has 96 valence electrons. The van der Waals surface area contributed by atoms with E-state index in [1.807, 2.05) is 7.05 Å². The van der Waals surface area contributed by atoms with Crippen LogP contribution in [0.4, 0.5) is 14.5 Å². The van der Waals surface area contributed by atoms with Gasteiger partial charge in [-0.05, 0) is 38.6 Å². The van der Waals surface area contributed by atoms with Crippen LogP contribution in [0.25, 0.3) is 0 Å². The van der Waals surface area contributed by atoms with Crippen LogP contribution in [0.3, 0.4) is 0 Å². The second kappa shape index (κ2) is 5.32. The van der Waals surface area contributed by atoms with Gasteiger partial charge in [0.15, 0.2) is 11.6 Å². The van der Waals surface area contributed by atoms with Crippen molar-refractivity contribution in [2.24, 2.45) is 0 Å². The molecule has 0 aliphatic carbocycles. The van der Waals surface area contributed by atoms with Crippen LogP contribution in [0.1, 0.15) is 18.4 Å². The number of hydrogen-bond donors (Lipinski definition) is 1. The summed E-state index contributed by atoms with van der Waals surface area (Å²) in [6.45, 7) is 1.84. The molecule has 1 heterocycles. The summed E-state index contributed by atoms with van der Waals surface area (Å²) in [6, 6.07) is 4.46. The number of nitrogens with zero attached hydrogens (tertiary/aromatic N) is 2. The van der Waals surface area contributed by atoms with Gasteiger partial charge in [-0.15, -0.1) is 0 Å². The van der Waals surface area contributed by atoms with Crippen molar-refractivity contribution in [3.05, 3.63) is 29.3 Å². The zero-order valence-electron chi connectivity index (χ0n) is 10.2. The van der Waals surface area contributed by atoms with Crippen molar-refractivity contribution in [3.63, 3.8) is 0 Å². The van der Waals surface area contributed by atoms with Crippen LogP contribution in [0.15, 0.2) is 12.1 Å². The fourth-order valence-corrected chi connectivity index (χ4v) is 2.25. The van der Waals surface area contributed by atoms with Crippen LogP contribution in [0.5, 0.6) is 0 Å². The maximum Gasteiger partial charge on any atom is 0.183 e. The summed E-state index contributed by atoms with van der Waals surface area (Å²) in [4.78, 5) is 2.15. The first kappa shape index (κ1) is 12.8. The lowest BCUT2D eigenvalue weighted by molar-refractivity contribution is 0.260. The number of halogens is 2. The number of piperidine rings is 1. The molecule has 0 amide bonds. The predicted molar refractivity (Wildman–Crippen MR) is 65.2 cm³/mol. The average Bonchev–Trinajstić information content (AvgIpc) is 2.35. The maximum atomic E-state index is 13.7. The molecule has 1 aliphatic rings. The van der Waals surface area contributed by atoms with Gasteiger partial charge in [0.2, 0.25) is 0 Å². The molecular weight excluding hydrogens is 236 g/mol. The Bertz CT molecular complexity index is 482. The van der Waals surface area contributed by atoms with Crippen LogP contribution < -0.4 is 5.32 Å². The Hall–Kier alpha value is -1.67. The number of hydrogen-bond acceptors (Lipinski definition) is 3. The zero-order chi connectivity index (χ0) is 13.1. The smallest absolute Gasteiger partial charge is 0.183 e. The standard InChI is InChI=1S/C13H15F2N3/c1-18-6-2-3-10(8-18)17-11-5-4-9(7-16)12(14)13(11)15/h4-5,10,17H,2-3,6,8H2,1H3. The summed E-state index contributed by atoms with van der Waals surface area (Å²) in [5.41, 5.74) is -0.134. The van der Waals surface area contributed by atoms with E-state index in [0.29, 0.717) is 0 Å². The van der Waals surface area contributed by atoms with Crippen molar-refractivity contribution in [2.45, 2.75) is 18.9 Å². The highest BCUT2D eigenvalue weighted by atomic mass is 19.2. The van der Waals surface area contributed by atoms with E-state index in [0.717, 1.165) is 25.9 Å². The quantitative estimate of drug-likeness (QED) is 0.877. The van der Waals surface area contributed by atoms with E-state index in [9.17, 15) is 8.78 Å². The van der Waals surface area contributed by atoms with E-state index in [-0.39, 0.29) is 17.3 Å². The highest BCUT2D eigenvalue weighted by molar-refractivity contribution is 5.50. The van der Waals surface area contributed by atoms with E-state index < -0.39 is 11.6 Å². The Morgan fingerprint density at radius 1 is 1.39 bits per heavy atom. The fraction of sp³-hybridized carbons (Fsp3) is 0.462. The first-order valence-corrected chi connectivity index (χ1v) is 5.95. The van der Waals surface area contributed by atoms with Gasteiger partial charge in [-0.25, -0.2) is 8.78 Å². The zero-order valence-corrected chi connectivity index (χ0v) is 10.2. The maximum absolute atomic E-state index is 13.7. The Morgan fingerprint density at radius 2 is 2.17 bits per heavy atom. The molecule has 0 spiro atoms. The van der Waals surface area contributed by atoms with Crippen molar-refractivity contribution >= 4 is 5.69 Å². The molecular formula is C13H15F2N3. The topological polar surface area (TPSA) is 39.1 Å². The van der Waals surface area contributed by atoms with Gasteiger partial charge in [0.05, 0.1) is 11.3 Å². The summed E-state index contributed by atoms with van der Waals surface area (Å²) >= 11 is 0. The van der Waals surface area contributed by atoms with E-state index in [4.69, 9.17) is 5.26 Å². The highest BCUT2D eigenvalue weighted by Crippen LogP contribution is 2.22. The Morgan fingerprint density at radius 3 is 2.83 bits per heavy atom. The molecule has 1 N–H and O–H groups in total. The van der Waals surface area contributed by atoms with Crippen molar-refractivity contribution in [2.75, 3.05) is 25.5 Å². The summed E-state index contributed by atoms with van der Waals surface area (Å²) in [5, 5.41) is 11.6. The van der Waals surface area contributed by atoms with Gasteiger partial charge < -0.3 is 10.2 Å². The number of rotatable bonds is 2. The fourth-order valence-electron chi connectivity index (χ4n) is 2.25. The molecule has 1 fully saturated rings. The third-order valence-electron chi connectivity index (χ3n) is 3.19. The normalized spacial score (nSPS) is 20.4. The Kier molecular flexibility index (Phi) is 3.78. The van der Waals surface area contributed by atoms with Crippen LogP contribution >= 0.6 is 0 Å². The Balaban J connectivity index is 2.15. The largest absolute Gasteiger partial charge is 0.379 e. The second-order valence-electron chi connectivity index (χ2n) is 4.65. The number of anilines is 1. The molecule has 1 aromatic rings. The lowest BCUT2D eigenvalue weighted by Gasteiger charge is -2.31. The summed E-state index contributed by atoms with van der Waals surface area (Å²) in [7, 11) is 2.00. The van der Waals surface area contributed by atoms with Gasteiger partial charge in [0, 0.05) is 12.6 Å². The molecule has 0 bridgehead atoms. The molecule has 1 saturated heterocycles. The first-order valence-electron chi connectivity index (χ1n) is 5.95. The number of benzene rings is 1. The minimum absolute atomic E-state index is 0.116. The molecule has 0 saturated carbocycles. The molecule has 1 unspecified atom stereocenters. The van der Waals surface area contributed by atoms with Crippen molar-refractivity contribution < 1.29 is 8.78 Å². The summed E-state index contributed by atoms with van der Waals surface area (Å²) < 4.78 is 27.1. The van der Waals surface area contributed by atoms with E-state index in [1.54, 1.807) is 6.07 Å². The molecule has 2 rings (SSSR count). The van der Waals surface area contributed by atoms with Crippen molar-refractivity contribution in [1.82, 2.24) is 4.90 Å². The summed E-state index contributed by atoms with van der Waals surface area (Å²) in [5.74, 6) is -2.05. The molecule has 0 aromatic heterocycles. The monoisotopic (exact) mass is 251 g/mol. The molecule has 18 heavy (non-hydrogen) atoms. The number of nitriles is 1. The first-order chi connectivity index (χ1) is 8.61. The minimum atomic E-state index is -1.08. The van der Waals surface area contributed by atoms with Crippen molar-refractivity contribution in [1.29, 1.82) is 5.26 Å². The van der Waals surface area contributed by atoms with Crippen LogP contribution in [-0.2, 0) is 0 Å². The third-order valence-corrected chi connectivity index (χ3v) is 3.19. The molecule has 5 heteroatoms. The Labute approximate surface area is 105 Å². The average molecular weight is 251 g/mol. The number of nitrogens with one attached hydrogen (secondary N) is 1. The van der Waals surface area contributed by atoms with Gasteiger partial charge in [0.1, 0.15) is 6.07 Å². The van der Waals surface area contributed by atoms with Crippen molar-refractivity contribution in [3.8, 4) is 6.07 Å². The molecule has 1 aliphatic heterocycles. The molecule has 0 radical (unpaired) electrons. The summed E-state index contributed by atoms with van der Waals surface area (Å²) in [6.07, 6.45) is 1.97. The SMILES string of the molecule is CN1CCCC(Nc2ccc(C#N)c(F)c2F)C1. The van der Waals surface area contributed by atoms with E-state index in [2.05, 4.69) is 10.2 Å². The molecule has 1 aromatic carbocycles.